The second-order valence-corrected chi connectivity index (χ2v) is 14.9. The van der Waals surface area contributed by atoms with Gasteiger partial charge in [-0.1, -0.05) is 52.0 Å². The number of rotatable bonds is 15. The van der Waals surface area contributed by atoms with E-state index in [2.05, 4.69) is 39.8 Å². The van der Waals surface area contributed by atoms with E-state index in [0.29, 0.717) is 52.2 Å². The fourth-order valence-electron chi connectivity index (χ4n) is 8.05. The minimum absolute atomic E-state index is 0.0834. The Labute approximate surface area is 324 Å². The van der Waals surface area contributed by atoms with Crippen molar-refractivity contribution in [3.8, 4) is 46.0 Å². The maximum Gasteiger partial charge on any atom is 0.203 e. The van der Waals surface area contributed by atoms with Gasteiger partial charge in [0.1, 0.15) is 11.5 Å². The van der Waals surface area contributed by atoms with Crippen LogP contribution >= 0.6 is 0 Å². The highest BCUT2D eigenvalue weighted by Crippen LogP contribution is 2.66. The Morgan fingerprint density at radius 2 is 0.818 bits per heavy atom. The maximum absolute atomic E-state index is 13.3. The fraction of sp³-hybridized carbons (Fsp3) is 0.422. The molecule has 0 spiro atoms. The first-order valence-corrected chi connectivity index (χ1v) is 18.3. The van der Waals surface area contributed by atoms with Crippen molar-refractivity contribution in [2.24, 2.45) is 22.7 Å². The van der Waals surface area contributed by atoms with E-state index in [1.54, 1.807) is 74.0 Å². The molecule has 0 aromatic heterocycles. The summed E-state index contributed by atoms with van der Waals surface area (Å²) in [6.07, 6.45) is 0. The van der Waals surface area contributed by atoms with Crippen LogP contribution in [-0.2, 0) is 0 Å². The van der Waals surface area contributed by atoms with E-state index in [0.717, 1.165) is 22.6 Å². The lowest BCUT2D eigenvalue weighted by Crippen LogP contribution is -2.08. The Morgan fingerprint density at radius 3 is 1.09 bits per heavy atom. The van der Waals surface area contributed by atoms with Gasteiger partial charge in [0.15, 0.2) is 34.6 Å². The van der Waals surface area contributed by atoms with Gasteiger partial charge < -0.3 is 37.9 Å². The lowest BCUT2D eigenvalue weighted by Gasteiger charge is -2.14. The predicted molar refractivity (Wildman–Crippen MR) is 211 cm³/mol. The summed E-state index contributed by atoms with van der Waals surface area (Å²) >= 11 is 0. The minimum atomic E-state index is -0.120. The third kappa shape index (κ3) is 7.90. The predicted octanol–water partition coefficient (Wildman–Crippen LogP) is 9.08. The molecule has 0 bridgehead atoms. The summed E-state index contributed by atoms with van der Waals surface area (Å²) in [6.45, 7) is 11.1. The van der Waals surface area contributed by atoms with Gasteiger partial charge in [-0.2, -0.15) is 0 Å². The molecule has 4 aromatic carbocycles. The van der Waals surface area contributed by atoms with Crippen molar-refractivity contribution >= 4 is 11.6 Å². The zero-order valence-corrected chi connectivity index (χ0v) is 34.0. The number of hydrogen-bond acceptors (Lipinski definition) is 10. The summed E-state index contributed by atoms with van der Waals surface area (Å²) in [6, 6.07) is 22.9. The van der Waals surface area contributed by atoms with E-state index >= 15 is 0 Å². The van der Waals surface area contributed by atoms with E-state index in [1.807, 2.05) is 43.3 Å². The summed E-state index contributed by atoms with van der Waals surface area (Å²) in [5.74, 6) is 4.86. The molecule has 0 aliphatic heterocycles. The molecule has 294 valence electrons. The van der Waals surface area contributed by atoms with E-state index in [9.17, 15) is 9.59 Å². The quantitative estimate of drug-likeness (QED) is 0.109. The molecule has 0 saturated heterocycles. The van der Waals surface area contributed by atoms with Crippen LogP contribution in [0.2, 0.25) is 0 Å². The van der Waals surface area contributed by atoms with Crippen LogP contribution in [0.1, 0.15) is 78.3 Å². The number of hydrogen-bond donors (Lipinski definition) is 0. The molecule has 2 saturated carbocycles. The van der Waals surface area contributed by atoms with Gasteiger partial charge in [-0.05, 0) is 77.4 Å². The SMILES string of the molecule is CCOc1ccc(C2C(C(=O)c3cc(OC)c(OC)c(OC)c3)C2(C)C)cc1.COc1ccc(C2C(C(=O)c3cc(OC)c(OC)c(OC)c3)C2(C)C)cc1. The number of Topliss-reactive ketones (excluding diaryl/α,β-unsaturated/α-hetero) is 2. The van der Waals surface area contributed by atoms with E-state index < -0.39 is 0 Å². The van der Waals surface area contributed by atoms with Gasteiger partial charge in [-0.15, -0.1) is 0 Å². The molecular formula is C45H54O10. The summed E-state index contributed by atoms with van der Waals surface area (Å²) in [4.78, 5) is 26.6. The van der Waals surface area contributed by atoms with Crippen molar-refractivity contribution in [2.75, 3.05) is 56.4 Å². The van der Waals surface area contributed by atoms with Crippen LogP contribution in [0, 0.1) is 22.7 Å². The van der Waals surface area contributed by atoms with Crippen LogP contribution in [0.3, 0.4) is 0 Å². The highest BCUT2D eigenvalue weighted by atomic mass is 16.5. The molecule has 10 nitrogen and oxygen atoms in total. The molecule has 0 radical (unpaired) electrons. The highest BCUT2D eigenvalue weighted by molar-refractivity contribution is 6.03. The van der Waals surface area contributed by atoms with Gasteiger partial charge in [-0.3, -0.25) is 9.59 Å². The first-order chi connectivity index (χ1) is 26.3. The van der Waals surface area contributed by atoms with Crippen LogP contribution in [-0.4, -0.2) is 67.9 Å². The summed E-state index contributed by atoms with van der Waals surface area (Å²) in [7, 11) is 10.9. The molecule has 6 rings (SSSR count). The number of methoxy groups -OCH3 is 7. The Bertz CT molecular complexity index is 1930. The molecule has 2 fully saturated rings. The molecule has 4 aromatic rings. The van der Waals surface area contributed by atoms with Crippen molar-refractivity contribution in [1.82, 2.24) is 0 Å². The largest absolute Gasteiger partial charge is 0.497 e. The zero-order chi connectivity index (χ0) is 40.2. The minimum Gasteiger partial charge on any atom is -0.497 e. The van der Waals surface area contributed by atoms with E-state index in [1.165, 1.54) is 0 Å². The Kier molecular flexibility index (Phi) is 12.3. The number of benzene rings is 4. The van der Waals surface area contributed by atoms with E-state index in [4.69, 9.17) is 37.9 Å². The first kappa shape index (κ1) is 40.8. The molecule has 0 amide bonds. The van der Waals surface area contributed by atoms with Gasteiger partial charge in [0.05, 0.1) is 56.4 Å². The summed E-state index contributed by atoms with van der Waals surface area (Å²) in [5, 5.41) is 0. The number of ether oxygens (including phenoxy) is 8. The van der Waals surface area contributed by atoms with Crippen LogP contribution in [0.15, 0.2) is 72.8 Å². The van der Waals surface area contributed by atoms with Crippen molar-refractivity contribution in [1.29, 1.82) is 0 Å². The Morgan fingerprint density at radius 1 is 0.491 bits per heavy atom. The van der Waals surface area contributed by atoms with Crippen molar-refractivity contribution in [3.05, 3.63) is 95.1 Å². The van der Waals surface area contributed by atoms with Crippen LogP contribution in [0.25, 0.3) is 0 Å². The fourth-order valence-corrected chi connectivity index (χ4v) is 8.05. The van der Waals surface area contributed by atoms with Gasteiger partial charge in [0.25, 0.3) is 0 Å². The average Bonchev–Trinajstić information content (AvgIpc) is 4.01. The zero-order valence-electron chi connectivity index (χ0n) is 34.0. The average molecular weight is 755 g/mol. The topological polar surface area (TPSA) is 108 Å². The second kappa shape index (κ2) is 16.6. The third-order valence-corrected chi connectivity index (χ3v) is 11.1. The normalized spacial score (nSPS) is 19.8. The number of ketones is 2. The van der Waals surface area contributed by atoms with Crippen LogP contribution in [0.4, 0.5) is 0 Å². The lowest BCUT2D eigenvalue weighted by molar-refractivity contribution is 0.0943. The molecule has 10 heteroatoms. The van der Waals surface area contributed by atoms with Gasteiger partial charge >= 0.3 is 0 Å². The van der Waals surface area contributed by atoms with Gasteiger partial charge in [0.2, 0.25) is 11.5 Å². The van der Waals surface area contributed by atoms with Crippen LogP contribution in [0.5, 0.6) is 46.0 Å². The van der Waals surface area contributed by atoms with Crippen molar-refractivity contribution in [3.63, 3.8) is 0 Å². The smallest absolute Gasteiger partial charge is 0.203 e. The first-order valence-electron chi connectivity index (χ1n) is 18.3. The van der Waals surface area contributed by atoms with Crippen molar-refractivity contribution in [2.45, 2.75) is 46.5 Å². The molecule has 2 aliphatic carbocycles. The number of carbonyl (C=O) groups excluding carboxylic acids is 2. The molecular weight excluding hydrogens is 700 g/mol. The second-order valence-electron chi connectivity index (χ2n) is 14.9. The molecule has 4 atom stereocenters. The summed E-state index contributed by atoms with van der Waals surface area (Å²) in [5.41, 5.74) is 3.20. The Balaban J connectivity index is 0.000000211. The third-order valence-electron chi connectivity index (χ3n) is 11.1. The highest BCUT2D eigenvalue weighted by Gasteiger charge is 2.63. The standard InChI is InChI=1S/C23H28O5.C22H26O5/c1-7-28-16-10-8-14(9-11-16)19-20(23(19,2)3)21(24)15-12-17(25-4)22(27-6)18(13-15)26-5;1-22(2)18(13-7-9-15(24-3)10-8-13)19(22)20(23)14-11-16(25-4)21(27-6)17(12-14)26-5/h8-13,19-20H,7H2,1-6H3;7-12,18-19H,1-6H3. The van der Waals surface area contributed by atoms with Gasteiger partial charge in [0, 0.05) is 34.8 Å². The van der Waals surface area contributed by atoms with Crippen LogP contribution < -0.4 is 37.9 Å². The number of carbonyl (C=O) groups is 2. The Hall–Kier alpha value is -5.38. The molecule has 0 heterocycles. The molecule has 55 heavy (non-hydrogen) atoms. The maximum atomic E-state index is 13.3. The summed E-state index contributed by atoms with van der Waals surface area (Å²) < 4.78 is 43.0. The lowest BCUT2D eigenvalue weighted by atomic mass is 10.0. The monoisotopic (exact) mass is 754 g/mol. The molecule has 4 unspecified atom stereocenters. The van der Waals surface area contributed by atoms with E-state index in [-0.39, 0.29) is 46.1 Å². The molecule has 0 N–H and O–H groups in total. The molecule has 2 aliphatic rings. The van der Waals surface area contributed by atoms with Gasteiger partial charge in [-0.25, -0.2) is 0 Å². The van der Waals surface area contributed by atoms with Crippen molar-refractivity contribution < 1.29 is 47.5 Å².